The molecule has 0 saturated carbocycles. The van der Waals surface area contributed by atoms with Gasteiger partial charge in [-0.1, -0.05) is 27.7 Å². The molecule has 0 aliphatic heterocycles. The Labute approximate surface area is 98.5 Å². The maximum Gasteiger partial charge on any atom is 0.277 e. The van der Waals surface area contributed by atoms with E-state index < -0.39 is 5.82 Å². The van der Waals surface area contributed by atoms with Gasteiger partial charge in [-0.05, 0) is 5.92 Å². The summed E-state index contributed by atoms with van der Waals surface area (Å²) in [7, 11) is 0. The molecule has 92 valence electrons. The van der Waals surface area contributed by atoms with E-state index in [1.165, 1.54) is 0 Å². The molecule has 17 heavy (non-hydrogen) atoms. The van der Waals surface area contributed by atoms with E-state index in [0.717, 1.165) is 4.52 Å². The number of fused-ring (bicyclic) bond motifs is 1. The van der Waals surface area contributed by atoms with Gasteiger partial charge in [-0.25, -0.2) is 4.39 Å². The molecule has 0 spiro atoms. The fourth-order valence-electron chi connectivity index (χ4n) is 1.80. The average molecular weight is 237 g/mol. The van der Waals surface area contributed by atoms with E-state index >= 15 is 0 Å². The van der Waals surface area contributed by atoms with Gasteiger partial charge in [-0.2, -0.15) is 9.61 Å². The predicted octanol–water partition coefficient (Wildman–Crippen LogP) is 2.41. The Balaban J connectivity index is 2.80. The van der Waals surface area contributed by atoms with Gasteiger partial charge in [0.1, 0.15) is 5.69 Å². The van der Waals surface area contributed by atoms with E-state index in [9.17, 15) is 9.18 Å². The zero-order valence-corrected chi connectivity index (χ0v) is 10.4. The Morgan fingerprint density at radius 3 is 2.47 bits per heavy atom. The molecule has 0 saturated heterocycles. The Hall–Kier alpha value is -1.65. The van der Waals surface area contributed by atoms with Crippen LogP contribution in [-0.4, -0.2) is 14.6 Å². The summed E-state index contributed by atoms with van der Waals surface area (Å²) in [5.74, 6) is -0.407. The monoisotopic (exact) mass is 237 g/mol. The molecule has 0 aliphatic rings. The molecule has 2 aromatic heterocycles. The second-order valence-corrected chi connectivity index (χ2v) is 4.82. The SMILES string of the molecule is CC(C)c1nn2c(=O)c(C(C)C)c[nH]c2c1F. The molecule has 4 nitrogen and oxygen atoms in total. The zero-order valence-electron chi connectivity index (χ0n) is 10.4. The lowest BCUT2D eigenvalue weighted by atomic mass is 10.1. The van der Waals surface area contributed by atoms with Crippen molar-refractivity contribution in [3.8, 4) is 0 Å². The van der Waals surface area contributed by atoms with Gasteiger partial charge in [0.25, 0.3) is 5.56 Å². The van der Waals surface area contributed by atoms with Gasteiger partial charge in [0.15, 0.2) is 11.5 Å². The fraction of sp³-hybridized carbons (Fsp3) is 0.500. The van der Waals surface area contributed by atoms with E-state index in [1.807, 2.05) is 27.7 Å². The minimum atomic E-state index is -0.438. The highest BCUT2D eigenvalue weighted by molar-refractivity contribution is 5.42. The lowest BCUT2D eigenvalue weighted by molar-refractivity contribution is 0.602. The quantitative estimate of drug-likeness (QED) is 0.872. The molecule has 0 atom stereocenters. The molecule has 2 aromatic rings. The van der Waals surface area contributed by atoms with Crippen molar-refractivity contribution in [1.29, 1.82) is 0 Å². The number of nitrogens with one attached hydrogen (secondary N) is 1. The lowest BCUT2D eigenvalue weighted by Gasteiger charge is -2.03. The highest BCUT2D eigenvalue weighted by Crippen LogP contribution is 2.19. The predicted molar refractivity (Wildman–Crippen MR) is 63.9 cm³/mol. The Morgan fingerprint density at radius 1 is 1.29 bits per heavy atom. The van der Waals surface area contributed by atoms with Crippen molar-refractivity contribution in [2.75, 3.05) is 0 Å². The fourth-order valence-corrected chi connectivity index (χ4v) is 1.80. The summed E-state index contributed by atoms with van der Waals surface area (Å²) < 4.78 is 15.1. The summed E-state index contributed by atoms with van der Waals surface area (Å²) >= 11 is 0. The molecular weight excluding hydrogens is 221 g/mol. The number of halogens is 1. The van der Waals surface area contributed by atoms with Gasteiger partial charge >= 0.3 is 0 Å². The van der Waals surface area contributed by atoms with Crippen LogP contribution in [0.2, 0.25) is 0 Å². The third-order valence-corrected chi connectivity index (χ3v) is 2.82. The first kappa shape index (κ1) is 11.8. The van der Waals surface area contributed by atoms with Gasteiger partial charge < -0.3 is 4.98 Å². The molecule has 0 unspecified atom stereocenters. The Kier molecular flexibility index (Phi) is 2.77. The summed E-state index contributed by atoms with van der Waals surface area (Å²) in [4.78, 5) is 14.9. The number of nitrogens with zero attached hydrogens (tertiary/aromatic N) is 2. The zero-order chi connectivity index (χ0) is 12.7. The highest BCUT2D eigenvalue weighted by Gasteiger charge is 2.19. The third-order valence-electron chi connectivity index (χ3n) is 2.82. The Bertz CT molecular complexity index is 610. The molecule has 0 fully saturated rings. The van der Waals surface area contributed by atoms with Crippen molar-refractivity contribution in [2.24, 2.45) is 0 Å². The number of rotatable bonds is 2. The number of hydrogen-bond donors (Lipinski definition) is 1. The van der Waals surface area contributed by atoms with Gasteiger partial charge in [-0.3, -0.25) is 4.79 Å². The smallest absolute Gasteiger partial charge is 0.277 e. The van der Waals surface area contributed by atoms with Crippen LogP contribution in [0.1, 0.15) is 50.8 Å². The molecule has 0 bridgehead atoms. The van der Waals surface area contributed by atoms with E-state index in [4.69, 9.17) is 0 Å². The number of aromatic nitrogens is 3. The van der Waals surface area contributed by atoms with E-state index in [1.54, 1.807) is 6.20 Å². The largest absolute Gasteiger partial charge is 0.344 e. The lowest BCUT2D eigenvalue weighted by Crippen LogP contribution is -2.20. The van der Waals surface area contributed by atoms with Crippen LogP contribution in [0, 0.1) is 5.82 Å². The average Bonchev–Trinajstić information content (AvgIpc) is 2.57. The van der Waals surface area contributed by atoms with Gasteiger partial charge in [0, 0.05) is 17.7 Å². The normalized spacial score (nSPS) is 11.9. The maximum atomic E-state index is 13.9. The first-order chi connectivity index (χ1) is 7.93. The molecular formula is C12H16FN3O. The molecule has 2 rings (SSSR count). The minimum absolute atomic E-state index is 0.0507. The van der Waals surface area contributed by atoms with Crippen molar-refractivity contribution in [2.45, 2.75) is 39.5 Å². The molecule has 0 aliphatic carbocycles. The van der Waals surface area contributed by atoms with Crippen LogP contribution in [0.25, 0.3) is 5.65 Å². The minimum Gasteiger partial charge on any atom is -0.344 e. The standard InChI is InChI=1S/C12H16FN3O/c1-6(2)8-5-14-11-9(13)10(7(3)4)15-16(11)12(8)17/h5-7,14H,1-4H3. The van der Waals surface area contributed by atoms with Crippen LogP contribution >= 0.6 is 0 Å². The summed E-state index contributed by atoms with van der Waals surface area (Å²) in [6.07, 6.45) is 1.57. The van der Waals surface area contributed by atoms with E-state index in [-0.39, 0.29) is 23.0 Å². The summed E-state index contributed by atoms with van der Waals surface area (Å²) in [6.45, 7) is 7.52. The van der Waals surface area contributed by atoms with Crippen molar-refractivity contribution in [3.63, 3.8) is 0 Å². The van der Waals surface area contributed by atoms with E-state index in [2.05, 4.69) is 10.1 Å². The van der Waals surface area contributed by atoms with Crippen LogP contribution in [0.5, 0.6) is 0 Å². The van der Waals surface area contributed by atoms with E-state index in [0.29, 0.717) is 11.3 Å². The van der Waals surface area contributed by atoms with Crippen LogP contribution in [0.4, 0.5) is 4.39 Å². The molecule has 5 heteroatoms. The molecule has 2 heterocycles. The topological polar surface area (TPSA) is 50.2 Å². The summed E-state index contributed by atoms with van der Waals surface area (Å²) in [5, 5.41) is 4.05. The van der Waals surface area contributed by atoms with Crippen LogP contribution in [0.15, 0.2) is 11.0 Å². The van der Waals surface area contributed by atoms with Crippen molar-refractivity contribution in [1.82, 2.24) is 14.6 Å². The number of aromatic amines is 1. The third kappa shape index (κ3) is 1.75. The highest BCUT2D eigenvalue weighted by atomic mass is 19.1. The van der Waals surface area contributed by atoms with Crippen LogP contribution in [-0.2, 0) is 0 Å². The molecule has 0 radical (unpaired) electrons. The van der Waals surface area contributed by atoms with Crippen LogP contribution in [0.3, 0.4) is 0 Å². The second-order valence-electron chi connectivity index (χ2n) is 4.82. The maximum absolute atomic E-state index is 13.9. The van der Waals surface area contributed by atoms with Crippen molar-refractivity contribution < 1.29 is 4.39 Å². The number of H-pyrrole nitrogens is 1. The summed E-state index contributed by atoms with van der Waals surface area (Å²) in [5.41, 5.74) is 0.817. The summed E-state index contributed by atoms with van der Waals surface area (Å²) in [6, 6.07) is 0. The first-order valence-electron chi connectivity index (χ1n) is 5.73. The first-order valence-corrected chi connectivity index (χ1v) is 5.73. The molecule has 0 amide bonds. The number of hydrogen-bond acceptors (Lipinski definition) is 2. The van der Waals surface area contributed by atoms with Gasteiger partial charge in [0.05, 0.1) is 0 Å². The van der Waals surface area contributed by atoms with Crippen LogP contribution < -0.4 is 5.56 Å². The second kappa shape index (κ2) is 3.98. The molecule has 1 N–H and O–H groups in total. The Morgan fingerprint density at radius 2 is 1.94 bits per heavy atom. The van der Waals surface area contributed by atoms with Crippen molar-refractivity contribution in [3.05, 3.63) is 33.6 Å². The van der Waals surface area contributed by atoms with Gasteiger partial charge in [-0.15, -0.1) is 0 Å². The van der Waals surface area contributed by atoms with Crippen molar-refractivity contribution >= 4 is 5.65 Å². The van der Waals surface area contributed by atoms with Gasteiger partial charge in [0.2, 0.25) is 0 Å². The molecule has 0 aromatic carbocycles.